The van der Waals surface area contributed by atoms with Crippen molar-refractivity contribution in [3.05, 3.63) is 59.7 Å². The first-order valence-electron chi connectivity index (χ1n) is 5.21. The molecule has 0 saturated heterocycles. The summed E-state index contributed by atoms with van der Waals surface area (Å²) < 4.78 is 18.6. The highest BCUT2D eigenvalue weighted by Gasteiger charge is 2.13. The van der Waals surface area contributed by atoms with Gasteiger partial charge in [-0.15, -0.1) is 0 Å². The van der Waals surface area contributed by atoms with Crippen molar-refractivity contribution in [2.75, 3.05) is 7.11 Å². The van der Waals surface area contributed by atoms with Gasteiger partial charge in [0.25, 0.3) is 0 Å². The zero-order chi connectivity index (χ0) is 12.3. The van der Waals surface area contributed by atoms with Crippen LogP contribution in [0.5, 0.6) is 5.75 Å². The van der Waals surface area contributed by atoms with E-state index in [1.807, 2.05) is 18.2 Å². The smallest absolute Gasteiger partial charge is 0.146 e. The average molecular weight is 232 g/mol. The second-order valence-electron chi connectivity index (χ2n) is 3.65. The van der Waals surface area contributed by atoms with Gasteiger partial charge in [0, 0.05) is 11.8 Å². The molecule has 0 aliphatic rings. The highest BCUT2D eigenvalue weighted by Crippen LogP contribution is 2.24. The fraction of sp³-hybridized carbons (Fsp3) is 0.154. The molecule has 0 saturated carbocycles. The van der Waals surface area contributed by atoms with E-state index in [0.717, 1.165) is 11.8 Å². The van der Waals surface area contributed by atoms with Crippen LogP contribution in [0.4, 0.5) is 4.39 Å². The van der Waals surface area contributed by atoms with Crippen LogP contribution in [0, 0.1) is 5.82 Å². The van der Waals surface area contributed by atoms with Crippen LogP contribution in [0.25, 0.3) is 0 Å². The molecule has 3 nitrogen and oxygen atoms in total. The molecule has 1 aromatic carbocycles. The first kappa shape index (κ1) is 11.5. The van der Waals surface area contributed by atoms with Gasteiger partial charge in [0.2, 0.25) is 0 Å². The molecule has 2 aromatic rings. The van der Waals surface area contributed by atoms with Gasteiger partial charge in [-0.2, -0.15) is 0 Å². The van der Waals surface area contributed by atoms with Crippen molar-refractivity contribution in [1.29, 1.82) is 0 Å². The Balaban J connectivity index is 2.37. The number of rotatable bonds is 3. The fourth-order valence-corrected chi connectivity index (χ4v) is 1.65. The molecule has 2 rings (SSSR count). The Morgan fingerprint density at radius 1 is 1.35 bits per heavy atom. The number of ether oxygens (including phenoxy) is 1. The molecule has 1 aromatic heterocycles. The predicted octanol–water partition coefficient (Wildman–Crippen LogP) is 2.28. The standard InChI is InChI=1S/C13H13FN2O/c1-17-10-4-2-3-9(7-10)13(15)11-5-6-16-8-12(11)14/h2-8,13H,15H2,1H3. The number of pyridine rings is 1. The number of nitrogens with two attached hydrogens (primary N) is 1. The van der Waals surface area contributed by atoms with Crippen LogP contribution in [-0.2, 0) is 0 Å². The van der Waals surface area contributed by atoms with Gasteiger partial charge in [0.15, 0.2) is 0 Å². The minimum absolute atomic E-state index is 0.400. The molecule has 88 valence electrons. The molecule has 1 atom stereocenters. The van der Waals surface area contributed by atoms with E-state index in [4.69, 9.17) is 10.5 Å². The zero-order valence-corrected chi connectivity index (χ0v) is 9.43. The molecule has 1 heterocycles. The normalized spacial score (nSPS) is 12.2. The van der Waals surface area contributed by atoms with Crippen molar-refractivity contribution in [2.24, 2.45) is 5.73 Å². The summed E-state index contributed by atoms with van der Waals surface area (Å²) in [5.41, 5.74) is 7.24. The molecule has 0 aliphatic heterocycles. The van der Waals surface area contributed by atoms with Crippen LogP contribution < -0.4 is 10.5 Å². The topological polar surface area (TPSA) is 48.1 Å². The maximum Gasteiger partial charge on any atom is 0.146 e. The van der Waals surface area contributed by atoms with Gasteiger partial charge in [-0.25, -0.2) is 4.39 Å². The van der Waals surface area contributed by atoms with Crippen LogP contribution >= 0.6 is 0 Å². The number of methoxy groups -OCH3 is 1. The molecule has 0 spiro atoms. The summed E-state index contributed by atoms with van der Waals surface area (Å²) in [4.78, 5) is 3.70. The first-order valence-corrected chi connectivity index (χ1v) is 5.21. The van der Waals surface area contributed by atoms with E-state index >= 15 is 0 Å². The summed E-state index contributed by atoms with van der Waals surface area (Å²) in [5.74, 6) is 0.301. The Hall–Kier alpha value is -1.94. The Morgan fingerprint density at radius 2 is 2.18 bits per heavy atom. The first-order chi connectivity index (χ1) is 8.22. The van der Waals surface area contributed by atoms with Gasteiger partial charge >= 0.3 is 0 Å². The van der Waals surface area contributed by atoms with Gasteiger partial charge in [0.05, 0.1) is 19.3 Å². The molecule has 1 unspecified atom stereocenters. The Bertz CT molecular complexity index is 516. The van der Waals surface area contributed by atoms with Crippen molar-refractivity contribution in [3.63, 3.8) is 0 Å². The van der Waals surface area contributed by atoms with Crippen molar-refractivity contribution in [2.45, 2.75) is 6.04 Å². The van der Waals surface area contributed by atoms with Gasteiger partial charge < -0.3 is 10.5 Å². The fourth-order valence-electron chi connectivity index (χ4n) is 1.65. The second-order valence-corrected chi connectivity index (χ2v) is 3.65. The third kappa shape index (κ3) is 2.42. The van der Waals surface area contributed by atoms with E-state index in [2.05, 4.69) is 4.98 Å². The van der Waals surface area contributed by atoms with E-state index in [-0.39, 0.29) is 0 Å². The number of aromatic nitrogens is 1. The summed E-state index contributed by atoms with van der Waals surface area (Å²) in [5, 5.41) is 0. The van der Waals surface area contributed by atoms with Crippen molar-refractivity contribution < 1.29 is 9.13 Å². The third-order valence-corrected chi connectivity index (χ3v) is 2.59. The highest BCUT2D eigenvalue weighted by molar-refractivity contribution is 5.36. The maximum atomic E-state index is 13.5. The lowest BCUT2D eigenvalue weighted by molar-refractivity contribution is 0.414. The monoisotopic (exact) mass is 232 g/mol. The second kappa shape index (κ2) is 4.93. The van der Waals surface area contributed by atoms with Crippen molar-refractivity contribution in [1.82, 2.24) is 4.98 Å². The van der Waals surface area contributed by atoms with E-state index in [1.165, 1.54) is 6.20 Å². The van der Waals surface area contributed by atoms with Crippen molar-refractivity contribution >= 4 is 0 Å². The average Bonchev–Trinajstić information content (AvgIpc) is 2.38. The number of hydrogen-bond donors (Lipinski definition) is 1. The summed E-state index contributed by atoms with van der Waals surface area (Å²) in [6, 6.07) is 8.34. The van der Waals surface area contributed by atoms with Crippen molar-refractivity contribution in [3.8, 4) is 5.75 Å². The van der Waals surface area contributed by atoms with Crippen LogP contribution in [0.15, 0.2) is 42.7 Å². The Morgan fingerprint density at radius 3 is 2.88 bits per heavy atom. The third-order valence-electron chi connectivity index (χ3n) is 2.59. The molecule has 17 heavy (non-hydrogen) atoms. The molecular formula is C13H13FN2O. The predicted molar refractivity (Wildman–Crippen MR) is 63.2 cm³/mol. The molecule has 0 fully saturated rings. The Kier molecular flexibility index (Phi) is 3.35. The number of hydrogen-bond acceptors (Lipinski definition) is 3. The maximum absolute atomic E-state index is 13.5. The lowest BCUT2D eigenvalue weighted by Crippen LogP contribution is -2.13. The molecule has 2 N–H and O–H groups in total. The van der Waals surface area contributed by atoms with E-state index in [0.29, 0.717) is 11.3 Å². The summed E-state index contributed by atoms with van der Waals surface area (Å²) in [7, 11) is 1.58. The molecule has 0 amide bonds. The molecule has 4 heteroatoms. The molecule has 0 radical (unpaired) electrons. The highest BCUT2D eigenvalue weighted by atomic mass is 19.1. The molecule has 0 bridgehead atoms. The van der Waals surface area contributed by atoms with Gasteiger partial charge in [-0.1, -0.05) is 12.1 Å². The Labute approximate surface area is 99.1 Å². The minimum Gasteiger partial charge on any atom is -0.497 e. The lowest BCUT2D eigenvalue weighted by Gasteiger charge is -2.13. The van der Waals surface area contributed by atoms with E-state index < -0.39 is 11.9 Å². The largest absolute Gasteiger partial charge is 0.497 e. The van der Waals surface area contributed by atoms with E-state index in [9.17, 15) is 4.39 Å². The quantitative estimate of drug-likeness (QED) is 0.883. The summed E-state index contributed by atoms with van der Waals surface area (Å²) in [6.45, 7) is 0. The summed E-state index contributed by atoms with van der Waals surface area (Å²) in [6.07, 6.45) is 2.69. The number of benzene rings is 1. The zero-order valence-electron chi connectivity index (χ0n) is 9.43. The lowest BCUT2D eigenvalue weighted by atomic mass is 10.00. The van der Waals surface area contributed by atoms with Crippen LogP contribution in [0.1, 0.15) is 17.2 Å². The van der Waals surface area contributed by atoms with Crippen LogP contribution in [0.2, 0.25) is 0 Å². The van der Waals surface area contributed by atoms with Crippen LogP contribution in [0.3, 0.4) is 0 Å². The van der Waals surface area contributed by atoms with Gasteiger partial charge in [-0.05, 0) is 23.8 Å². The molecular weight excluding hydrogens is 219 g/mol. The van der Waals surface area contributed by atoms with Gasteiger partial charge in [0.1, 0.15) is 11.6 Å². The van der Waals surface area contributed by atoms with Crippen LogP contribution in [-0.4, -0.2) is 12.1 Å². The number of nitrogens with zero attached hydrogens (tertiary/aromatic N) is 1. The SMILES string of the molecule is COc1cccc(C(N)c2ccncc2F)c1. The number of halogens is 1. The molecule has 0 aliphatic carbocycles. The summed E-state index contributed by atoms with van der Waals surface area (Å²) >= 11 is 0. The minimum atomic E-state index is -0.520. The van der Waals surface area contributed by atoms with Gasteiger partial charge in [-0.3, -0.25) is 4.98 Å². The van der Waals surface area contributed by atoms with E-state index in [1.54, 1.807) is 19.2 Å².